The Bertz CT molecular complexity index is 907. The van der Waals surface area contributed by atoms with Crippen molar-refractivity contribution in [3.63, 3.8) is 0 Å². The van der Waals surface area contributed by atoms with Crippen LogP contribution >= 0.6 is 0 Å². The van der Waals surface area contributed by atoms with Crippen molar-refractivity contribution in [1.29, 1.82) is 0 Å². The number of benzene rings is 2. The van der Waals surface area contributed by atoms with Crippen molar-refractivity contribution in [3.8, 4) is 11.5 Å². The van der Waals surface area contributed by atoms with E-state index in [-0.39, 0.29) is 24.3 Å². The molecule has 1 aliphatic carbocycles. The lowest BCUT2D eigenvalue weighted by Gasteiger charge is -2.33. The van der Waals surface area contributed by atoms with E-state index in [1.807, 2.05) is 55.5 Å². The first kappa shape index (κ1) is 24.6. The van der Waals surface area contributed by atoms with Gasteiger partial charge < -0.3 is 19.7 Å². The van der Waals surface area contributed by atoms with E-state index in [0.29, 0.717) is 13.0 Å². The summed E-state index contributed by atoms with van der Waals surface area (Å²) >= 11 is 0. The molecule has 3 rings (SSSR count). The van der Waals surface area contributed by atoms with Gasteiger partial charge in [-0.15, -0.1) is 0 Å². The smallest absolute Gasteiger partial charge is 0.243 e. The summed E-state index contributed by atoms with van der Waals surface area (Å²) in [4.78, 5) is 28.5. The third-order valence-corrected chi connectivity index (χ3v) is 6.34. The van der Waals surface area contributed by atoms with E-state index in [9.17, 15) is 9.59 Å². The summed E-state index contributed by atoms with van der Waals surface area (Å²) in [5.74, 6) is 1.34. The molecule has 0 saturated heterocycles. The van der Waals surface area contributed by atoms with Gasteiger partial charge in [0, 0.05) is 12.6 Å². The number of ether oxygens (including phenoxy) is 2. The van der Waals surface area contributed by atoms with Gasteiger partial charge in [0.2, 0.25) is 11.8 Å². The van der Waals surface area contributed by atoms with Gasteiger partial charge in [-0.3, -0.25) is 9.59 Å². The number of hydrogen-bond acceptors (Lipinski definition) is 4. The maximum Gasteiger partial charge on any atom is 0.243 e. The minimum absolute atomic E-state index is 0.0598. The van der Waals surface area contributed by atoms with Gasteiger partial charge in [-0.05, 0) is 54.7 Å². The van der Waals surface area contributed by atoms with Gasteiger partial charge in [0.05, 0.1) is 20.6 Å². The summed E-state index contributed by atoms with van der Waals surface area (Å²) in [7, 11) is 3.24. The molecule has 2 aromatic rings. The summed E-state index contributed by atoms with van der Waals surface area (Å²) in [5, 5.41) is 3.22. The fourth-order valence-electron chi connectivity index (χ4n) is 4.45. The molecular formula is C27H36N2O4. The zero-order chi connectivity index (χ0) is 23.6. The number of hydrogen-bond donors (Lipinski definition) is 1. The fraction of sp³-hybridized carbons (Fsp3) is 0.481. The first-order chi connectivity index (χ1) is 16.0. The molecule has 1 atom stereocenters. The monoisotopic (exact) mass is 452 g/mol. The van der Waals surface area contributed by atoms with E-state index in [0.717, 1.165) is 48.3 Å². The summed E-state index contributed by atoms with van der Waals surface area (Å²) in [6, 6.07) is 14.8. The quantitative estimate of drug-likeness (QED) is 0.576. The van der Waals surface area contributed by atoms with Gasteiger partial charge in [-0.2, -0.15) is 0 Å². The molecule has 2 aromatic carbocycles. The number of amides is 2. The Balaban J connectivity index is 1.81. The van der Waals surface area contributed by atoms with Gasteiger partial charge in [-0.25, -0.2) is 0 Å². The number of rotatable bonds is 10. The highest BCUT2D eigenvalue weighted by atomic mass is 16.5. The van der Waals surface area contributed by atoms with Crippen molar-refractivity contribution in [2.75, 3.05) is 14.2 Å². The topological polar surface area (TPSA) is 67.9 Å². The van der Waals surface area contributed by atoms with Crippen molar-refractivity contribution in [1.82, 2.24) is 10.2 Å². The molecule has 0 radical (unpaired) electrons. The van der Waals surface area contributed by atoms with Gasteiger partial charge in [-0.1, -0.05) is 50.5 Å². The van der Waals surface area contributed by atoms with Crippen LogP contribution in [-0.4, -0.2) is 43.0 Å². The Morgan fingerprint density at radius 2 is 1.67 bits per heavy atom. The Morgan fingerprint density at radius 3 is 2.30 bits per heavy atom. The molecule has 178 valence electrons. The van der Waals surface area contributed by atoms with E-state index in [4.69, 9.17) is 9.47 Å². The minimum Gasteiger partial charge on any atom is -0.497 e. The highest BCUT2D eigenvalue weighted by molar-refractivity contribution is 5.88. The van der Waals surface area contributed by atoms with Crippen molar-refractivity contribution in [2.45, 2.75) is 70.5 Å². The molecule has 33 heavy (non-hydrogen) atoms. The average molecular weight is 453 g/mol. The standard InChI is InChI=1S/C27H36N2O4/c1-4-25(27(31)28-22-10-6-5-7-11-22)29(19-21-9-8-12-24(17-21)33-3)26(30)18-20-13-15-23(32-2)16-14-20/h8-9,12-17,22,25H,4-7,10-11,18-19H2,1-3H3,(H,28,31). The number of carbonyl (C=O) groups is 2. The van der Waals surface area contributed by atoms with E-state index in [1.54, 1.807) is 19.1 Å². The maximum absolute atomic E-state index is 13.5. The molecule has 2 amide bonds. The first-order valence-corrected chi connectivity index (χ1v) is 11.9. The second kappa shape index (κ2) is 12.3. The summed E-state index contributed by atoms with van der Waals surface area (Å²) in [6.45, 7) is 2.31. The Kier molecular flexibility index (Phi) is 9.16. The van der Waals surface area contributed by atoms with Gasteiger partial charge in [0.1, 0.15) is 17.5 Å². The van der Waals surface area contributed by atoms with Crippen LogP contribution in [0.3, 0.4) is 0 Å². The second-order valence-corrected chi connectivity index (χ2v) is 8.67. The van der Waals surface area contributed by atoms with Gasteiger partial charge >= 0.3 is 0 Å². The van der Waals surface area contributed by atoms with Crippen LogP contribution < -0.4 is 14.8 Å². The molecule has 0 spiro atoms. The summed E-state index contributed by atoms with van der Waals surface area (Å²) in [5.41, 5.74) is 1.82. The Labute approximate surface area is 197 Å². The van der Waals surface area contributed by atoms with Gasteiger partial charge in [0.25, 0.3) is 0 Å². The summed E-state index contributed by atoms with van der Waals surface area (Å²) in [6.07, 6.45) is 6.32. The lowest BCUT2D eigenvalue weighted by molar-refractivity contribution is -0.141. The largest absolute Gasteiger partial charge is 0.497 e. The normalized spacial score (nSPS) is 14.9. The van der Waals surface area contributed by atoms with Crippen LogP contribution in [0.15, 0.2) is 48.5 Å². The van der Waals surface area contributed by atoms with Crippen LogP contribution in [0.2, 0.25) is 0 Å². The highest BCUT2D eigenvalue weighted by Gasteiger charge is 2.30. The number of nitrogens with zero attached hydrogens (tertiary/aromatic N) is 1. The van der Waals surface area contributed by atoms with Crippen LogP contribution in [0.1, 0.15) is 56.6 Å². The molecule has 0 heterocycles. The van der Waals surface area contributed by atoms with E-state index < -0.39 is 6.04 Å². The van der Waals surface area contributed by atoms with Crippen molar-refractivity contribution >= 4 is 11.8 Å². The Hall–Kier alpha value is -3.02. The zero-order valence-electron chi connectivity index (χ0n) is 20.0. The molecular weight excluding hydrogens is 416 g/mol. The van der Waals surface area contributed by atoms with Crippen molar-refractivity contribution < 1.29 is 19.1 Å². The van der Waals surface area contributed by atoms with E-state index in [2.05, 4.69) is 5.32 Å². The molecule has 0 bridgehead atoms. The predicted octanol–water partition coefficient (Wildman–Crippen LogP) is 4.50. The van der Waals surface area contributed by atoms with Crippen molar-refractivity contribution in [3.05, 3.63) is 59.7 Å². The molecule has 1 aliphatic rings. The summed E-state index contributed by atoms with van der Waals surface area (Å²) < 4.78 is 10.6. The highest BCUT2D eigenvalue weighted by Crippen LogP contribution is 2.21. The van der Waals surface area contributed by atoms with E-state index in [1.165, 1.54) is 6.42 Å². The molecule has 1 unspecified atom stereocenters. The SMILES string of the molecule is CCC(C(=O)NC1CCCCC1)N(Cc1cccc(OC)c1)C(=O)Cc1ccc(OC)cc1. The maximum atomic E-state index is 13.5. The number of methoxy groups -OCH3 is 2. The minimum atomic E-state index is -0.524. The molecule has 0 aliphatic heterocycles. The lowest BCUT2D eigenvalue weighted by atomic mass is 9.95. The number of nitrogens with one attached hydrogen (secondary N) is 1. The average Bonchev–Trinajstić information content (AvgIpc) is 2.85. The first-order valence-electron chi connectivity index (χ1n) is 11.9. The molecule has 6 nitrogen and oxygen atoms in total. The van der Waals surface area contributed by atoms with Crippen LogP contribution in [0, 0.1) is 0 Å². The molecule has 0 aromatic heterocycles. The lowest BCUT2D eigenvalue weighted by Crippen LogP contribution is -2.51. The van der Waals surface area contributed by atoms with Crippen LogP contribution in [0.4, 0.5) is 0 Å². The third kappa shape index (κ3) is 6.98. The van der Waals surface area contributed by atoms with Crippen LogP contribution in [0.5, 0.6) is 11.5 Å². The molecule has 1 fully saturated rings. The predicted molar refractivity (Wildman–Crippen MR) is 129 cm³/mol. The van der Waals surface area contributed by atoms with E-state index >= 15 is 0 Å². The van der Waals surface area contributed by atoms with Crippen LogP contribution in [0.25, 0.3) is 0 Å². The van der Waals surface area contributed by atoms with Crippen molar-refractivity contribution in [2.24, 2.45) is 0 Å². The van der Waals surface area contributed by atoms with Crippen LogP contribution in [-0.2, 0) is 22.6 Å². The third-order valence-electron chi connectivity index (χ3n) is 6.34. The molecule has 1 saturated carbocycles. The molecule has 6 heteroatoms. The number of carbonyl (C=O) groups excluding carboxylic acids is 2. The van der Waals surface area contributed by atoms with Gasteiger partial charge in [0.15, 0.2) is 0 Å². The molecule has 1 N–H and O–H groups in total. The fourth-order valence-corrected chi connectivity index (χ4v) is 4.45. The Morgan fingerprint density at radius 1 is 0.970 bits per heavy atom. The zero-order valence-corrected chi connectivity index (χ0v) is 20.0. The second-order valence-electron chi connectivity index (χ2n) is 8.67.